The molecule has 0 spiro atoms. The number of methoxy groups -OCH3 is 1. The van der Waals surface area contributed by atoms with Crippen molar-refractivity contribution in [1.82, 2.24) is 9.97 Å². The van der Waals surface area contributed by atoms with Crippen LogP contribution in [-0.4, -0.2) is 48.2 Å². The van der Waals surface area contributed by atoms with Crippen molar-refractivity contribution in [2.75, 3.05) is 48.4 Å². The van der Waals surface area contributed by atoms with E-state index >= 15 is 0 Å². The third-order valence-electron chi connectivity index (χ3n) is 5.13. The molecule has 0 amide bonds. The van der Waals surface area contributed by atoms with Crippen LogP contribution in [0.3, 0.4) is 0 Å². The third kappa shape index (κ3) is 4.32. The molecule has 1 aliphatic heterocycles. The van der Waals surface area contributed by atoms with Crippen LogP contribution in [0.4, 0.5) is 33.1 Å². The van der Waals surface area contributed by atoms with Crippen molar-refractivity contribution in [3.8, 4) is 5.75 Å². The largest absolute Gasteiger partial charge is 0.497 e. The Balaban J connectivity index is 1.54. The van der Waals surface area contributed by atoms with Gasteiger partial charge in [-0.25, -0.2) is 14.4 Å². The molecule has 3 aromatic rings. The first-order valence-electron chi connectivity index (χ1n) is 9.71. The Kier molecular flexibility index (Phi) is 5.78. The number of ether oxygens (including phenoxy) is 1. The molecule has 0 aliphatic carbocycles. The summed E-state index contributed by atoms with van der Waals surface area (Å²) in [4.78, 5) is 23.5. The van der Waals surface area contributed by atoms with Crippen LogP contribution in [0.5, 0.6) is 5.75 Å². The molecule has 4 rings (SSSR count). The number of benzene rings is 2. The van der Waals surface area contributed by atoms with Crippen molar-refractivity contribution in [2.24, 2.45) is 0 Å². The van der Waals surface area contributed by atoms with E-state index in [4.69, 9.17) is 4.74 Å². The molecular weight excluding hydrogens is 403 g/mol. The van der Waals surface area contributed by atoms with Crippen molar-refractivity contribution in [1.29, 1.82) is 0 Å². The molecule has 2 aromatic carbocycles. The van der Waals surface area contributed by atoms with E-state index in [1.807, 2.05) is 29.2 Å². The molecule has 1 N–H and O–H groups in total. The summed E-state index contributed by atoms with van der Waals surface area (Å²) in [5, 5.41) is 14.6. The lowest BCUT2D eigenvalue weighted by Gasteiger charge is -2.36. The zero-order valence-corrected chi connectivity index (χ0v) is 16.9. The Morgan fingerprint density at radius 3 is 2.35 bits per heavy atom. The maximum Gasteiger partial charge on any atom is 0.353 e. The summed E-state index contributed by atoms with van der Waals surface area (Å²) < 4.78 is 19.2. The minimum atomic E-state index is -0.533. The van der Waals surface area contributed by atoms with E-state index in [0.717, 1.165) is 11.4 Å². The molecule has 1 fully saturated rings. The summed E-state index contributed by atoms with van der Waals surface area (Å²) in [5.41, 5.74) is 0.891. The van der Waals surface area contributed by atoms with Gasteiger partial charge in [0.25, 0.3) is 0 Å². The zero-order chi connectivity index (χ0) is 21.8. The Morgan fingerprint density at radius 1 is 1.03 bits per heavy atom. The number of nitrogens with one attached hydrogen (secondary N) is 1. The molecule has 0 unspecified atom stereocenters. The fraction of sp³-hybridized carbons (Fsp3) is 0.238. The molecule has 0 radical (unpaired) electrons. The number of aromatic nitrogens is 2. The Morgan fingerprint density at radius 2 is 1.71 bits per heavy atom. The summed E-state index contributed by atoms with van der Waals surface area (Å²) in [6, 6.07) is 13.7. The van der Waals surface area contributed by atoms with E-state index in [1.54, 1.807) is 19.2 Å². The number of halogens is 1. The van der Waals surface area contributed by atoms with Crippen LogP contribution in [0.2, 0.25) is 0 Å². The molecule has 0 bridgehead atoms. The number of piperazine rings is 1. The smallest absolute Gasteiger partial charge is 0.353 e. The van der Waals surface area contributed by atoms with Crippen LogP contribution in [0, 0.1) is 15.9 Å². The van der Waals surface area contributed by atoms with Gasteiger partial charge in [0.1, 0.15) is 17.9 Å². The molecular formula is C21H21FN6O3. The topological polar surface area (TPSA) is 96.7 Å². The second-order valence-electron chi connectivity index (χ2n) is 6.93. The van der Waals surface area contributed by atoms with Crippen molar-refractivity contribution in [3.05, 3.63) is 70.8 Å². The lowest BCUT2D eigenvalue weighted by atomic mass is 10.2. The summed E-state index contributed by atoms with van der Waals surface area (Å²) in [6.45, 7) is 2.43. The van der Waals surface area contributed by atoms with Gasteiger partial charge in [-0.05, 0) is 36.4 Å². The molecule has 31 heavy (non-hydrogen) atoms. The van der Waals surface area contributed by atoms with Gasteiger partial charge in [-0.3, -0.25) is 10.1 Å². The predicted octanol–water partition coefficient (Wildman–Crippen LogP) is 3.60. The minimum Gasteiger partial charge on any atom is -0.497 e. The maximum atomic E-state index is 14.0. The normalized spacial score (nSPS) is 13.7. The summed E-state index contributed by atoms with van der Waals surface area (Å²) in [6.07, 6.45) is 1.25. The highest BCUT2D eigenvalue weighted by Crippen LogP contribution is 2.34. The summed E-state index contributed by atoms with van der Waals surface area (Å²) in [7, 11) is 1.62. The first kappa shape index (κ1) is 20.3. The van der Waals surface area contributed by atoms with Gasteiger partial charge in [0.05, 0.1) is 17.7 Å². The van der Waals surface area contributed by atoms with Gasteiger partial charge in [-0.2, -0.15) is 0 Å². The number of nitro groups is 1. The Bertz CT molecular complexity index is 1070. The van der Waals surface area contributed by atoms with Crippen LogP contribution in [0.15, 0.2) is 54.9 Å². The molecule has 9 nitrogen and oxygen atoms in total. The van der Waals surface area contributed by atoms with Gasteiger partial charge in [-0.15, -0.1) is 0 Å². The molecule has 1 saturated heterocycles. The second kappa shape index (κ2) is 8.82. The molecule has 0 saturated carbocycles. The van der Waals surface area contributed by atoms with Crippen molar-refractivity contribution in [2.45, 2.75) is 0 Å². The zero-order valence-electron chi connectivity index (χ0n) is 16.9. The van der Waals surface area contributed by atoms with Crippen LogP contribution < -0.4 is 19.9 Å². The number of anilines is 4. The lowest BCUT2D eigenvalue weighted by Crippen LogP contribution is -2.47. The van der Waals surface area contributed by atoms with Gasteiger partial charge in [-0.1, -0.05) is 12.1 Å². The minimum absolute atomic E-state index is 0.0438. The van der Waals surface area contributed by atoms with Gasteiger partial charge in [0.2, 0.25) is 11.6 Å². The number of nitrogens with zero attached hydrogens (tertiary/aromatic N) is 5. The standard InChI is InChI=1S/C21H21FN6O3/c1-31-16-8-6-15(7-9-16)26-10-12-27(13-11-26)21-19(28(29)30)20(23-14-24-21)25-18-5-3-2-4-17(18)22/h2-9,14H,10-13H2,1H3,(H,23,24,25). The number of rotatable bonds is 6. The van der Waals surface area contributed by atoms with E-state index in [9.17, 15) is 14.5 Å². The van der Waals surface area contributed by atoms with Gasteiger partial charge >= 0.3 is 5.69 Å². The number of para-hydroxylation sites is 1. The van der Waals surface area contributed by atoms with Crippen LogP contribution in [0.25, 0.3) is 0 Å². The van der Waals surface area contributed by atoms with Crippen LogP contribution in [0.1, 0.15) is 0 Å². The molecule has 1 aliphatic rings. The predicted molar refractivity (Wildman–Crippen MR) is 116 cm³/mol. The number of hydrogen-bond donors (Lipinski definition) is 1. The highest BCUT2D eigenvalue weighted by atomic mass is 19.1. The second-order valence-corrected chi connectivity index (χ2v) is 6.93. The summed E-state index contributed by atoms with van der Waals surface area (Å²) >= 11 is 0. The number of hydrogen-bond acceptors (Lipinski definition) is 8. The first-order valence-corrected chi connectivity index (χ1v) is 9.71. The molecule has 160 valence electrons. The monoisotopic (exact) mass is 424 g/mol. The van der Waals surface area contributed by atoms with E-state index in [2.05, 4.69) is 20.2 Å². The quantitative estimate of drug-likeness (QED) is 0.474. The van der Waals surface area contributed by atoms with Gasteiger partial charge < -0.3 is 19.9 Å². The first-order chi connectivity index (χ1) is 15.1. The SMILES string of the molecule is COc1ccc(N2CCN(c3ncnc(Nc4ccccc4F)c3[N+](=O)[O-])CC2)cc1. The van der Waals surface area contributed by atoms with E-state index in [1.165, 1.54) is 18.5 Å². The van der Waals surface area contributed by atoms with Crippen LogP contribution >= 0.6 is 0 Å². The van der Waals surface area contributed by atoms with Gasteiger partial charge in [0, 0.05) is 31.9 Å². The van der Waals surface area contributed by atoms with E-state index in [-0.39, 0.29) is 23.0 Å². The van der Waals surface area contributed by atoms with E-state index in [0.29, 0.717) is 26.2 Å². The molecule has 0 atom stereocenters. The highest BCUT2D eigenvalue weighted by molar-refractivity contribution is 5.74. The van der Waals surface area contributed by atoms with Crippen molar-refractivity contribution < 1.29 is 14.1 Å². The van der Waals surface area contributed by atoms with Gasteiger partial charge in [0.15, 0.2) is 0 Å². The Hall–Kier alpha value is -3.95. The maximum absolute atomic E-state index is 14.0. The summed E-state index contributed by atoms with van der Waals surface area (Å²) in [5.74, 6) is 0.435. The molecule has 10 heteroatoms. The fourth-order valence-electron chi connectivity index (χ4n) is 3.52. The average Bonchev–Trinajstić information content (AvgIpc) is 2.80. The van der Waals surface area contributed by atoms with Crippen molar-refractivity contribution in [3.63, 3.8) is 0 Å². The van der Waals surface area contributed by atoms with Crippen LogP contribution in [-0.2, 0) is 0 Å². The van der Waals surface area contributed by atoms with E-state index < -0.39 is 10.7 Å². The molecule has 1 aromatic heterocycles. The average molecular weight is 424 g/mol. The highest BCUT2D eigenvalue weighted by Gasteiger charge is 2.29. The third-order valence-corrected chi connectivity index (χ3v) is 5.13. The lowest BCUT2D eigenvalue weighted by molar-refractivity contribution is -0.383. The molecule has 2 heterocycles. The Labute approximate surface area is 178 Å². The fourth-order valence-corrected chi connectivity index (χ4v) is 3.52. The van der Waals surface area contributed by atoms with Crippen molar-refractivity contribution >= 4 is 28.7 Å².